The van der Waals surface area contributed by atoms with Crippen LogP contribution in [0, 0.1) is 18.6 Å². The monoisotopic (exact) mass is 534 g/mol. The van der Waals surface area contributed by atoms with E-state index in [9.17, 15) is 18.7 Å². The molecule has 1 heterocycles. The molecule has 0 aliphatic heterocycles. The molecule has 39 heavy (non-hydrogen) atoms. The van der Waals surface area contributed by atoms with E-state index in [2.05, 4.69) is 45.1 Å². The van der Waals surface area contributed by atoms with Crippen molar-refractivity contribution in [2.24, 2.45) is 0 Å². The van der Waals surface area contributed by atoms with E-state index in [1.54, 1.807) is 0 Å². The molecule has 10 heteroatoms. The molecule has 8 nitrogen and oxygen atoms in total. The third kappa shape index (κ3) is 7.98. The summed E-state index contributed by atoms with van der Waals surface area (Å²) in [6.45, 7) is 4.44. The molecule has 0 bridgehead atoms. The standard InChI is InChI=1S/C29H32F2N6O2/c1-3-20-8-6-9-21(11-20)16-32-17-27(38)26(14-22-12-23(30)15-24(31)13-22)33-28(39)18-37-35-29(34-36-37)25-10-5-4-7-19(25)2/h4-13,15,26-27,32,38H,3,14,16-18H2,1-2H3,(H,33,39). The number of rotatable bonds is 12. The zero-order chi connectivity index (χ0) is 27.8. The molecular weight excluding hydrogens is 502 g/mol. The Morgan fingerprint density at radius 3 is 2.49 bits per heavy atom. The SMILES string of the molecule is CCc1cccc(CNCC(O)C(Cc2cc(F)cc(F)c2)NC(=O)Cn2nnc(-c3ccccc3C)n2)c1. The Bertz CT molecular complexity index is 1390. The molecule has 3 N–H and O–H groups in total. The zero-order valence-corrected chi connectivity index (χ0v) is 21.9. The van der Waals surface area contributed by atoms with Gasteiger partial charge in [-0.15, -0.1) is 10.2 Å². The summed E-state index contributed by atoms with van der Waals surface area (Å²) in [6.07, 6.45) is -0.101. The van der Waals surface area contributed by atoms with Gasteiger partial charge in [-0.1, -0.05) is 55.5 Å². The third-order valence-corrected chi connectivity index (χ3v) is 6.39. The van der Waals surface area contributed by atoms with Crippen molar-refractivity contribution in [1.29, 1.82) is 0 Å². The van der Waals surface area contributed by atoms with Crippen molar-refractivity contribution in [2.45, 2.75) is 51.9 Å². The van der Waals surface area contributed by atoms with Crippen molar-refractivity contribution in [3.63, 3.8) is 0 Å². The number of carbonyl (C=O) groups excluding carboxylic acids is 1. The maximum atomic E-state index is 13.8. The quantitative estimate of drug-likeness (QED) is 0.258. The van der Waals surface area contributed by atoms with Gasteiger partial charge in [0, 0.05) is 24.7 Å². The van der Waals surface area contributed by atoms with Gasteiger partial charge in [-0.25, -0.2) is 8.78 Å². The fourth-order valence-electron chi connectivity index (χ4n) is 4.35. The Morgan fingerprint density at radius 2 is 1.74 bits per heavy atom. The van der Waals surface area contributed by atoms with Crippen LogP contribution in [-0.4, -0.2) is 49.9 Å². The predicted molar refractivity (Wildman–Crippen MR) is 144 cm³/mol. The van der Waals surface area contributed by atoms with Gasteiger partial charge in [0.1, 0.15) is 18.2 Å². The third-order valence-electron chi connectivity index (χ3n) is 6.39. The number of benzene rings is 3. The van der Waals surface area contributed by atoms with E-state index in [1.807, 2.05) is 43.3 Å². The summed E-state index contributed by atoms with van der Waals surface area (Å²) in [5.74, 6) is -1.53. The second-order valence-electron chi connectivity index (χ2n) is 9.49. The van der Waals surface area contributed by atoms with Gasteiger partial charge in [0.25, 0.3) is 0 Å². The van der Waals surface area contributed by atoms with Crippen LogP contribution in [0.4, 0.5) is 8.78 Å². The van der Waals surface area contributed by atoms with Crippen LogP contribution in [0.1, 0.15) is 29.2 Å². The van der Waals surface area contributed by atoms with Crippen molar-refractivity contribution in [2.75, 3.05) is 6.54 Å². The van der Waals surface area contributed by atoms with Crippen LogP contribution in [0.15, 0.2) is 66.7 Å². The minimum Gasteiger partial charge on any atom is -0.390 e. The fraction of sp³-hybridized carbons (Fsp3) is 0.310. The molecule has 4 aromatic rings. The van der Waals surface area contributed by atoms with E-state index in [0.29, 0.717) is 17.9 Å². The van der Waals surface area contributed by atoms with Gasteiger partial charge in [-0.2, -0.15) is 4.80 Å². The molecule has 1 amide bonds. The van der Waals surface area contributed by atoms with Gasteiger partial charge in [0.05, 0.1) is 12.1 Å². The van der Waals surface area contributed by atoms with E-state index >= 15 is 0 Å². The van der Waals surface area contributed by atoms with Gasteiger partial charge in [0.15, 0.2) is 0 Å². The molecule has 2 unspecified atom stereocenters. The van der Waals surface area contributed by atoms with Crippen molar-refractivity contribution < 1.29 is 18.7 Å². The smallest absolute Gasteiger partial charge is 0.243 e. The maximum Gasteiger partial charge on any atom is 0.243 e. The number of hydrogen-bond donors (Lipinski definition) is 3. The minimum absolute atomic E-state index is 0.0217. The summed E-state index contributed by atoms with van der Waals surface area (Å²) in [5, 5.41) is 29.3. The maximum absolute atomic E-state index is 13.8. The van der Waals surface area contributed by atoms with Gasteiger partial charge in [-0.05, 0) is 59.4 Å². The van der Waals surface area contributed by atoms with Crippen LogP contribution in [-0.2, 0) is 30.7 Å². The topological polar surface area (TPSA) is 105 Å². The van der Waals surface area contributed by atoms with E-state index in [-0.39, 0.29) is 19.5 Å². The Morgan fingerprint density at radius 1 is 1.00 bits per heavy atom. The summed E-state index contributed by atoms with van der Waals surface area (Å²) in [5.41, 5.74) is 4.37. The highest BCUT2D eigenvalue weighted by atomic mass is 19.1. The normalized spacial score (nSPS) is 12.7. The lowest BCUT2D eigenvalue weighted by atomic mass is 10.0. The molecule has 4 rings (SSSR count). The second kappa shape index (κ2) is 13.2. The molecule has 0 saturated carbocycles. The first-order valence-electron chi connectivity index (χ1n) is 12.9. The number of halogens is 2. The molecule has 1 aromatic heterocycles. The number of aliphatic hydroxyl groups is 1. The van der Waals surface area contributed by atoms with Gasteiger partial charge in [0.2, 0.25) is 11.7 Å². The average molecular weight is 535 g/mol. The summed E-state index contributed by atoms with van der Waals surface area (Å²) >= 11 is 0. The lowest BCUT2D eigenvalue weighted by Crippen LogP contribution is -2.49. The van der Waals surface area contributed by atoms with Crippen LogP contribution < -0.4 is 10.6 Å². The minimum atomic E-state index is -1.04. The Balaban J connectivity index is 1.42. The van der Waals surface area contributed by atoms with Crippen LogP contribution in [0.25, 0.3) is 11.4 Å². The van der Waals surface area contributed by atoms with Crippen LogP contribution in [0.3, 0.4) is 0 Å². The highest BCUT2D eigenvalue weighted by molar-refractivity contribution is 5.76. The van der Waals surface area contributed by atoms with Crippen LogP contribution in [0.5, 0.6) is 0 Å². The van der Waals surface area contributed by atoms with Crippen LogP contribution >= 0.6 is 0 Å². The van der Waals surface area contributed by atoms with E-state index in [0.717, 1.165) is 29.2 Å². The number of amides is 1. The molecule has 3 aromatic carbocycles. The Labute approximate surface area is 226 Å². The summed E-state index contributed by atoms with van der Waals surface area (Å²) in [7, 11) is 0. The number of nitrogens with zero attached hydrogens (tertiary/aromatic N) is 4. The average Bonchev–Trinajstić information content (AvgIpc) is 3.36. The molecule has 0 radical (unpaired) electrons. The van der Waals surface area contributed by atoms with Crippen molar-refractivity contribution in [3.05, 3.63) is 101 Å². The first-order valence-corrected chi connectivity index (χ1v) is 12.9. The van der Waals surface area contributed by atoms with E-state index in [1.165, 1.54) is 22.5 Å². The van der Waals surface area contributed by atoms with Crippen LogP contribution in [0.2, 0.25) is 0 Å². The number of aromatic nitrogens is 4. The van der Waals surface area contributed by atoms with Crippen molar-refractivity contribution in [3.8, 4) is 11.4 Å². The Kier molecular flexibility index (Phi) is 9.45. The first kappa shape index (κ1) is 28.0. The zero-order valence-electron chi connectivity index (χ0n) is 21.9. The molecule has 0 fully saturated rings. The molecule has 2 atom stereocenters. The number of aryl methyl sites for hydroxylation is 2. The largest absolute Gasteiger partial charge is 0.390 e. The van der Waals surface area contributed by atoms with Gasteiger partial charge in [-0.3, -0.25) is 4.79 Å². The summed E-state index contributed by atoms with van der Waals surface area (Å²) < 4.78 is 27.6. The number of hydrogen-bond acceptors (Lipinski definition) is 6. The van der Waals surface area contributed by atoms with Gasteiger partial charge < -0.3 is 15.7 Å². The highest BCUT2D eigenvalue weighted by Gasteiger charge is 2.23. The number of carbonyl (C=O) groups is 1. The van der Waals surface area contributed by atoms with E-state index in [4.69, 9.17) is 0 Å². The van der Waals surface area contributed by atoms with Crippen molar-refractivity contribution in [1.82, 2.24) is 30.8 Å². The molecule has 0 aliphatic rings. The lowest BCUT2D eigenvalue weighted by molar-refractivity contribution is -0.123. The second-order valence-corrected chi connectivity index (χ2v) is 9.49. The van der Waals surface area contributed by atoms with Crippen molar-refractivity contribution >= 4 is 5.91 Å². The molecule has 204 valence electrons. The Hall–Kier alpha value is -4.02. The fourth-order valence-corrected chi connectivity index (χ4v) is 4.35. The summed E-state index contributed by atoms with van der Waals surface area (Å²) in [6, 6.07) is 18.0. The highest BCUT2D eigenvalue weighted by Crippen LogP contribution is 2.18. The lowest BCUT2D eigenvalue weighted by Gasteiger charge is -2.25. The molecular formula is C29H32F2N6O2. The molecule has 0 spiro atoms. The van der Waals surface area contributed by atoms with E-state index < -0.39 is 29.7 Å². The first-order chi connectivity index (χ1) is 18.8. The van der Waals surface area contributed by atoms with Gasteiger partial charge >= 0.3 is 0 Å². The molecule has 0 aliphatic carbocycles. The molecule has 0 saturated heterocycles. The number of tetrazole rings is 1. The predicted octanol–water partition coefficient (Wildman–Crippen LogP) is 3.37. The summed E-state index contributed by atoms with van der Waals surface area (Å²) in [4.78, 5) is 14.1. The number of aliphatic hydroxyl groups excluding tert-OH is 1. The number of nitrogens with one attached hydrogen (secondary N) is 2.